The van der Waals surface area contributed by atoms with Crippen molar-refractivity contribution in [3.8, 4) is 0 Å². The second kappa shape index (κ2) is 11.5. The maximum Gasteiger partial charge on any atom is 0.0965 e. The summed E-state index contributed by atoms with van der Waals surface area (Å²) < 4.78 is 0. The number of rotatable bonds is 11. The molecule has 0 aromatic heterocycles. The van der Waals surface area contributed by atoms with Crippen LogP contribution in [0.2, 0.25) is 0 Å². The number of hydrogen-bond acceptors (Lipinski definition) is 3. The summed E-state index contributed by atoms with van der Waals surface area (Å²) in [6.07, 6.45) is 16.5. The quantitative estimate of drug-likeness (QED) is 0.252. The first-order chi connectivity index (χ1) is 11.0. The minimum Gasteiger partial charge on any atom is -0.402 e. The van der Waals surface area contributed by atoms with E-state index in [1.165, 1.54) is 5.01 Å². The molecular weight excluding hydrogens is 286 g/mol. The van der Waals surface area contributed by atoms with E-state index in [0.29, 0.717) is 18.7 Å². The maximum absolute atomic E-state index is 11.2. The summed E-state index contributed by atoms with van der Waals surface area (Å²) in [4.78, 5) is 11.2. The van der Waals surface area contributed by atoms with Crippen LogP contribution < -0.4 is 5.73 Å². The third-order valence-corrected chi connectivity index (χ3v) is 3.50. The number of hydrogen-bond donors (Lipinski definition) is 1. The minimum atomic E-state index is -0.666. The van der Waals surface area contributed by atoms with Gasteiger partial charge in [0.2, 0.25) is 0 Å². The van der Waals surface area contributed by atoms with Gasteiger partial charge < -0.3 is 5.73 Å². The van der Waals surface area contributed by atoms with Crippen molar-refractivity contribution in [2.45, 2.75) is 52.5 Å². The molecular formula is C19H31N3O. The average Bonchev–Trinajstić information content (AvgIpc) is 2.51. The van der Waals surface area contributed by atoms with E-state index in [2.05, 4.69) is 37.0 Å². The summed E-state index contributed by atoms with van der Waals surface area (Å²) >= 11 is 0. The minimum absolute atomic E-state index is 0.362. The molecule has 0 aromatic rings. The molecule has 0 aliphatic heterocycles. The van der Waals surface area contributed by atoms with Crippen LogP contribution in [0, 0.1) is 4.91 Å². The summed E-state index contributed by atoms with van der Waals surface area (Å²) in [6, 6.07) is 0. The van der Waals surface area contributed by atoms with Crippen molar-refractivity contribution in [2.75, 3.05) is 6.54 Å². The van der Waals surface area contributed by atoms with Gasteiger partial charge in [-0.3, -0.25) is 0 Å². The molecule has 0 aliphatic carbocycles. The van der Waals surface area contributed by atoms with Gasteiger partial charge >= 0.3 is 0 Å². The van der Waals surface area contributed by atoms with Crippen LogP contribution in [-0.4, -0.2) is 17.1 Å². The molecule has 0 amide bonds. The van der Waals surface area contributed by atoms with E-state index in [1.54, 1.807) is 6.08 Å². The van der Waals surface area contributed by atoms with Crippen LogP contribution >= 0.6 is 0 Å². The van der Waals surface area contributed by atoms with E-state index in [9.17, 15) is 4.91 Å². The molecule has 4 nitrogen and oxygen atoms in total. The fourth-order valence-corrected chi connectivity index (χ4v) is 2.31. The predicted octanol–water partition coefficient (Wildman–Crippen LogP) is 5.03. The zero-order chi connectivity index (χ0) is 17.7. The van der Waals surface area contributed by atoms with Crippen molar-refractivity contribution < 1.29 is 0 Å². The number of nitroso groups, excluding NO2 is 1. The summed E-state index contributed by atoms with van der Waals surface area (Å²) in [5, 5.41) is 4.54. The molecule has 4 heteroatoms. The van der Waals surface area contributed by atoms with Crippen LogP contribution in [0.4, 0.5) is 0 Å². The Morgan fingerprint density at radius 1 is 1.39 bits per heavy atom. The standard InChI is InChI=1S/C19H31N3O/c1-6-10-11-12-17(9-4)15-18(20)16-19(5,13-7-2)22(21-23)14-8-3/h7-9,11-13,16H,3,6,10,14-15,20H2,1-2,4-5H3/b12-11-,13-7+,17-9+,18-16+. The number of unbranched alkanes of at least 4 members (excludes halogenated alkanes) is 1. The molecule has 0 aromatic carbocycles. The van der Waals surface area contributed by atoms with Crippen molar-refractivity contribution in [1.29, 1.82) is 0 Å². The molecule has 0 fully saturated rings. The predicted molar refractivity (Wildman–Crippen MR) is 101 cm³/mol. The second-order valence-corrected chi connectivity index (χ2v) is 5.63. The molecule has 0 heterocycles. The average molecular weight is 317 g/mol. The molecule has 0 radical (unpaired) electrons. The summed E-state index contributed by atoms with van der Waals surface area (Å²) in [7, 11) is 0. The van der Waals surface area contributed by atoms with Crippen LogP contribution in [0.5, 0.6) is 0 Å². The highest BCUT2D eigenvalue weighted by molar-refractivity contribution is 5.28. The first-order valence-corrected chi connectivity index (χ1v) is 8.11. The molecule has 0 bridgehead atoms. The van der Waals surface area contributed by atoms with Crippen LogP contribution in [0.3, 0.4) is 0 Å². The fraction of sp³-hybridized carbons (Fsp3) is 0.474. The monoisotopic (exact) mass is 317 g/mol. The van der Waals surface area contributed by atoms with Gasteiger partial charge in [-0.05, 0) is 38.8 Å². The Balaban J connectivity index is 5.32. The summed E-state index contributed by atoms with van der Waals surface area (Å²) in [5.41, 5.74) is 7.41. The zero-order valence-electron chi connectivity index (χ0n) is 15.0. The molecule has 0 aliphatic rings. The second-order valence-electron chi connectivity index (χ2n) is 5.63. The molecule has 23 heavy (non-hydrogen) atoms. The van der Waals surface area contributed by atoms with Crippen LogP contribution in [0.25, 0.3) is 0 Å². The lowest BCUT2D eigenvalue weighted by molar-refractivity contribution is 0.211. The van der Waals surface area contributed by atoms with Gasteiger partial charge in [0.05, 0.1) is 17.4 Å². The lowest BCUT2D eigenvalue weighted by Crippen LogP contribution is -2.40. The topological polar surface area (TPSA) is 58.7 Å². The van der Waals surface area contributed by atoms with Gasteiger partial charge in [-0.25, -0.2) is 5.01 Å². The van der Waals surface area contributed by atoms with Crippen molar-refractivity contribution in [1.82, 2.24) is 5.01 Å². The Labute approximate surface area is 141 Å². The van der Waals surface area contributed by atoms with E-state index >= 15 is 0 Å². The molecule has 2 N–H and O–H groups in total. The van der Waals surface area contributed by atoms with Gasteiger partial charge in [-0.1, -0.05) is 49.8 Å². The molecule has 128 valence electrons. The molecule has 0 saturated heterocycles. The summed E-state index contributed by atoms with van der Waals surface area (Å²) in [6.45, 7) is 12.0. The Hall–Kier alpha value is -2.10. The van der Waals surface area contributed by atoms with Gasteiger partial charge in [-0.15, -0.1) is 11.5 Å². The first kappa shape index (κ1) is 20.9. The highest BCUT2D eigenvalue weighted by atomic mass is 16.3. The van der Waals surface area contributed by atoms with E-state index < -0.39 is 5.54 Å². The van der Waals surface area contributed by atoms with E-state index in [-0.39, 0.29) is 0 Å². The fourth-order valence-electron chi connectivity index (χ4n) is 2.31. The maximum atomic E-state index is 11.2. The first-order valence-electron chi connectivity index (χ1n) is 8.11. The Morgan fingerprint density at radius 3 is 2.57 bits per heavy atom. The molecule has 0 rings (SSSR count). The van der Waals surface area contributed by atoms with Gasteiger partial charge in [0.15, 0.2) is 0 Å². The van der Waals surface area contributed by atoms with Crippen molar-refractivity contribution in [3.63, 3.8) is 0 Å². The van der Waals surface area contributed by atoms with Gasteiger partial charge in [0.25, 0.3) is 0 Å². The molecule has 1 unspecified atom stereocenters. The van der Waals surface area contributed by atoms with Crippen LogP contribution in [0.15, 0.2) is 65.7 Å². The molecule has 0 spiro atoms. The number of nitrogens with zero attached hydrogens (tertiary/aromatic N) is 2. The summed E-state index contributed by atoms with van der Waals surface area (Å²) in [5.74, 6) is 0. The van der Waals surface area contributed by atoms with Gasteiger partial charge in [-0.2, -0.15) is 0 Å². The molecule has 0 saturated carbocycles. The zero-order valence-corrected chi connectivity index (χ0v) is 15.0. The van der Waals surface area contributed by atoms with Gasteiger partial charge in [0, 0.05) is 12.1 Å². The Bertz CT molecular complexity index is 489. The van der Waals surface area contributed by atoms with Crippen molar-refractivity contribution >= 4 is 0 Å². The Morgan fingerprint density at radius 2 is 2.09 bits per heavy atom. The van der Waals surface area contributed by atoms with Gasteiger partial charge in [0.1, 0.15) is 0 Å². The highest BCUT2D eigenvalue weighted by Gasteiger charge is 2.26. The van der Waals surface area contributed by atoms with Crippen LogP contribution in [0.1, 0.15) is 47.0 Å². The van der Waals surface area contributed by atoms with E-state index in [1.807, 2.05) is 39.0 Å². The molecule has 1 atom stereocenters. The van der Waals surface area contributed by atoms with Crippen LogP contribution in [-0.2, 0) is 0 Å². The van der Waals surface area contributed by atoms with Crippen molar-refractivity contribution in [2.24, 2.45) is 11.0 Å². The smallest absolute Gasteiger partial charge is 0.0965 e. The van der Waals surface area contributed by atoms with Crippen molar-refractivity contribution in [3.05, 3.63) is 65.3 Å². The Kier molecular flexibility index (Phi) is 10.4. The van der Waals surface area contributed by atoms with E-state index in [0.717, 1.165) is 18.4 Å². The largest absolute Gasteiger partial charge is 0.402 e. The highest BCUT2D eigenvalue weighted by Crippen LogP contribution is 2.22. The number of nitrogens with two attached hydrogens (primary N) is 1. The SMILES string of the molecule is C=CCN(N=O)C(C)(/C=C/C)/C=C(/N)CC(/C=C\CCC)=C/C. The third kappa shape index (κ3) is 7.63. The lowest BCUT2D eigenvalue weighted by Gasteiger charge is -2.31. The van der Waals surface area contributed by atoms with E-state index in [4.69, 9.17) is 5.73 Å². The number of allylic oxidation sites excluding steroid dienone is 5. The normalized spacial score (nSPS) is 15.8. The third-order valence-electron chi connectivity index (χ3n) is 3.50. The lowest BCUT2D eigenvalue weighted by atomic mass is 9.96.